The van der Waals surface area contributed by atoms with Crippen molar-refractivity contribution in [1.29, 1.82) is 0 Å². The highest BCUT2D eigenvalue weighted by atomic mass is 35.5. The van der Waals surface area contributed by atoms with Gasteiger partial charge in [-0.1, -0.05) is 17.7 Å². The van der Waals surface area contributed by atoms with Crippen molar-refractivity contribution in [2.75, 3.05) is 31.1 Å². The van der Waals surface area contributed by atoms with E-state index < -0.39 is 11.4 Å². The number of carbonyl (C=O) groups excluding carboxylic acids is 1. The van der Waals surface area contributed by atoms with Gasteiger partial charge in [-0.2, -0.15) is 0 Å². The van der Waals surface area contributed by atoms with E-state index in [1.165, 1.54) is 12.5 Å². The molecule has 1 amide bonds. The van der Waals surface area contributed by atoms with Crippen LogP contribution in [0.2, 0.25) is 5.02 Å². The second-order valence-electron chi connectivity index (χ2n) is 10.3. The van der Waals surface area contributed by atoms with Gasteiger partial charge >= 0.3 is 0 Å². The molecule has 1 aromatic carbocycles. The van der Waals surface area contributed by atoms with Crippen LogP contribution in [0.4, 0.5) is 10.3 Å². The van der Waals surface area contributed by atoms with Crippen LogP contribution in [0.1, 0.15) is 44.1 Å². The van der Waals surface area contributed by atoms with Crippen LogP contribution in [0.25, 0.3) is 0 Å². The summed E-state index contributed by atoms with van der Waals surface area (Å²) in [5.74, 6) is 2.67. The molecule has 9 heteroatoms. The third-order valence-electron chi connectivity index (χ3n) is 7.59. The minimum atomic E-state index is -0.754. The monoisotopic (exact) mass is 502 g/mol. The maximum Gasteiger partial charge on any atom is 0.225 e. The first-order chi connectivity index (χ1) is 16.9. The molecular formula is C26H32ClFN4O3. The fraction of sp³-hybridized carbons (Fsp3) is 0.577. The van der Waals surface area contributed by atoms with E-state index in [9.17, 15) is 14.3 Å². The quantitative estimate of drug-likeness (QED) is 0.514. The Morgan fingerprint density at radius 1 is 1.26 bits per heavy atom. The van der Waals surface area contributed by atoms with E-state index in [0.717, 1.165) is 50.1 Å². The molecule has 0 radical (unpaired) electrons. The van der Waals surface area contributed by atoms with Crippen molar-refractivity contribution in [3.63, 3.8) is 0 Å². The third-order valence-corrected chi connectivity index (χ3v) is 7.78. The van der Waals surface area contributed by atoms with E-state index in [4.69, 9.17) is 16.3 Å². The fourth-order valence-electron chi connectivity index (χ4n) is 5.09. The van der Waals surface area contributed by atoms with Gasteiger partial charge in [0.25, 0.3) is 0 Å². The van der Waals surface area contributed by atoms with Crippen LogP contribution < -0.4 is 15.0 Å². The number of carbonyl (C=O) groups is 1. The van der Waals surface area contributed by atoms with Gasteiger partial charge in [0.2, 0.25) is 11.9 Å². The first kappa shape index (κ1) is 24.3. The molecule has 1 aliphatic heterocycles. The normalized spacial score (nSPS) is 23.1. The summed E-state index contributed by atoms with van der Waals surface area (Å²) in [6.45, 7) is 2.73. The van der Waals surface area contributed by atoms with Gasteiger partial charge in [0, 0.05) is 25.7 Å². The molecule has 5 rings (SSSR count). The summed E-state index contributed by atoms with van der Waals surface area (Å²) in [5, 5.41) is 13.0. The number of ether oxygens (including phenoxy) is 1. The first-order valence-corrected chi connectivity index (χ1v) is 12.9. The van der Waals surface area contributed by atoms with Gasteiger partial charge in [-0.3, -0.25) is 4.79 Å². The number of nitrogens with one attached hydrogen (secondary N) is 1. The summed E-state index contributed by atoms with van der Waals surface area (Å²) in [6.07, 6.45) is 9.15. The molecular weight excluding hydrogens is 471 g/mol. The zero-order valence-corrected chi connectivity index (χ0v) is 20.5. The lowest BCUT2D eigenvalue weighted by Gasteiger charge is -2.32. The Hall–Kier alpha value is -2.45. The Morgan fingerprint density at radius 3 is 2.69 bits per heavy atom. The first-order valence-electron chi connectivity index (χ1n) is 12.5. The topological polar surface area (TPSA) is 87.6 Å². The highest BCUT2D eigenvalue weighted by Crippen LogP contribution is 2.49. The average Bonchev–Trinajstić information content (AvgIpc) is 3.78. The second kappa shape index (κ2) is 10.3. The zero-order valence-electron chi connectivity index (χ0n) is 19.8. The van der Waals surface area contributed by atoms with Crippen molar-refractivity contribution >= 4 is 23.5 Å². The number of aliphatic hydroxyl groups is 1. The van der Waals surface area contributed by atoms with Crippen LogP contribution in [-0.2, 0) is 11.2 Å². The van der Waals surface area contributed by atoms with Crippen LogP contribution in [0.3, 0.4) is 0 Å². The summed E-state index contributed by atoms with van der Waals surface area (Å²) in [7, 11) is 0. The maximum absolute atomic E-state index is 14.4. The summed E-state index contributed by atoms with van der Waals surface area (Å²) < 4.78 is 20.3. The number of nitrogens with zero attached hydrogens (tertiary/aromatic N) is 3. The van der Waals surface area contributed by atoms with Gasteiger partial charge in [0.1, 0.15) is 11.6 Å². The number of halogens is 2. The SMILES string of the molecule is O=C(Cc1ccc(OCCC2CC2C2CCN(c3ncc(Cl)cn3)CC2)cc1F)NCC1(O)CC1. The summed E-state index contributed by atoms with van der Waals surface area (Å²) >= 11 is 5.88. The molecule has 2 N–H and O–H groups in total. The Kier molecular flexibility index (Phi) is 7.12. The largest absolute Gasteiger partial charge is 0.493 e. The van der Waals surface area contributed by atoms with E-state index in [0.29, 0.717) is 41.7 Å². The average molecular weight is 503 g/mol. The molecule has 2 atom stereocenters. The van der Waals surface area contributed by atoms with Crippen LogP contribution in [-0.4, -0.2) is 52.8 Å². The fourth-order valence-corrected chi connectivity index (χ4v) is 5.18. The van der Waals surface area contributed by atoms with Gasteiger partial charge in [-0.15, -0.1) is 0 Å². The number of benzene rings is 1. The molecule has 2 aromatic rings. The maximum atomic E-state index is 14.4. The smallest absolute Gasteiger partial charge is 0.225 e. The van der Waals surface area contributed by atoms with E-state index in [1.54, 1.807) is 24.5 Å². The minimum absolute atomic E-state index is 0.0467. The lowest BCUT2D eigenvalue weighted by molar-refractivity contribution is -0.121. The molecule has 35 heavy (non-hydrogen) atoms. The zero-order chi connectivity index (χ0) is 24.4. The summed E-state index contributed by atoms with van der Waals surface area (Å²) in [6, 6.07) is 4.68. The Balaban J connectivity index is 1.00. The molecule has 2 saturated carbocycles. The highest BCUT2D eigenvalue weighted by Gasteiger charge is 2.43. The predicted octanol–water partition coefficient (Wildman–Crippen LogP) is 3.77. The number of piperidine rings is 1. The second-order valence-corrected chi connectivity index (χ2v) is 10.7. The number of anilines is 1. The lowest BCUT2D eigenvalue weighted by Crippen LogP contribution is -2.35. The number of amides is 1. The van der Waals surface area contributed by atoms with Crippen molar-refractivity contribution in [3.05, 3.63) is 47.0 Å². The molecule has 0 spiro atoms. The van der Waals surface area contributed by atoms with Crippen LogP contribution in [0.15, 0.2) is 30.6 Å². The molecule has 3 fully saturated rings. The Bertz CT molecular complexity index is 1040. The minimum Gasteiger partial charge on any atom is -0.493 e. The molecule has 2 heterocycles. The third kappa shape index (κ3) is 6.41. The van der Waals surface area contributed by atoms with E-state index >= 15 is 0 Å². The van der Waals surface area contributed by atoms with Crippen LogP contribution >= 0.6 is 11.6 Å². The van der Waals surface area contributed by atoms with Gasteiger partial charge in [-0.25, -0.2) is 14.4 Å². The van der Waals surface area contributed by atoms with Gasteiger partial charge in [0.05, 0.1) is 36.0 Å². The highest BCUT2D eigenvalue weighted by molar-refractivity contribution is 6.30. The number of hydrogen-bond donors (Lipinski definition) is 2. The molecule has 3 aliphatic rings. The Morgan fingerprint density at radius 2 is 2.00 bits per heavy atom. The molecule has 2 unspecified atom stereocenters. The summed E-state index contributed by atoms with van der Waals surface area (Å²) in [4.78, 5) is 22.9. The van der Waals surface area contributed by atoms with E-state index in [1.807, 2.05) is 0 Å². The molecule has 1 saturated heterocycles. The number of hydrogen-bond acceptors (Lipinski definition) is 6. The molecule has 1 aromatic heterocycles. The molecule has 2 aliphatic carbocycles. The van der Waals surface area contributed by atoms with Crippen molar-refractivity contribution in [2.24, 2.45) is 17.8 Å². The van der Waals surface area contributed by atoms with Crippen molar-refractivity contribution in [1.82, 2.24) is 15.3 Å². The van der Waals surface area contributed by atoms with Crippen LogP contribution in [0.5, 0.6) is 5.75 Å². The lowest BCUT2D eigenvalue weighted by atomic mass is 9.90. The van der Waals surface area contributed by atoms with Crippen molar-refractivity contribution < 1.29 is 19.0 Å². The molecule has 188 valence electrons. The number of rotatable bonds is 10. The van der Waals surface area contributed by atoms with Gasteiger partial charge < -0.3 is 20.1 Å². The van der Waals surface area contributed by atoms with Crippen molar-refractivity contribution in [2.45, 2.75) is 50.5 Å². The predicted molar refractivity (Wildman–Crippen MR) is 131 cm³/mol. The number of aromatic nitrogens is 2. The van der Waals surface area contributed by atoms with E-state index in [2.05, 4.69) is 20.2 Å². The van der Waals surface area contributed by atoms with E-state index in [-0.39, 0.29) is 18.9 Å². The van der Waals surface area contributed by atoms with Gasteiger partial charge in [0.15, 0.2) is 0 Å². The van der Waals surface area contributed by atoms with Crippen molar-refractivity contribution in [3.8, 4) is 5.75 Å². The molecule has 0 bridgehead atoms. The summed E-state index contributed by atoms with van der Waals surface area (Å²) in [5.41, 5.74) is -0.425. The molecule has 7 nitrogen and oxygen atoms in total. The van der Waals surface area contributed by atoms with Gasteiger partial charge in [-0.05, 0) is 67.9 Å². The van der Waals surface area contributed by atoms with Crippen LogP contribution in [0, 0.1) is 23.6 Å². The standard InChI is InChI=1S/C26H32ClFN4O3/c27-20-14-29-25(30-15-20)32-8-3-17(4-9-32)22-11-18(22)5-10-35-21-2-1-19(23(28)13-21)12-24(33)31-16-26(34)6-7-26/h1-2,13-15,17-18,22,34H,3-12,16H2,(H,31,33). The Labute approximate surface area is 210 Å².